The second-order valence-corrected chi connectivity index (χ2v) is 5.75. The van der Waals surface area contributed by atoms with E-state index in [4.69, 9.17) is 14.7 Å². The summed E-state index contributed by atoms with van der Waals surface area (Å²) in [5, 5.41) is 11.6. The zero-order valence-corrected chi connectivity index (χ0v) is 14.8. The summed E-state index contributed by atoms with van der Waals surface area (Å²) in [6, 6.07) is 24.1. The first-order valence-electron chi connectivity index (χ1n) is 8.36. The van der Waals surface area contributed by atoms with Gasteiger partial charge in [0.05, 0.1) is 24.4 Å². The van der Waals surface area contributed by atoms with Gasteiger partial charge in [-0.1, -0.05) is 36.4 Å². The molecule has 0 bridgehead atoms. The minimum absolute atomic E-state index is 0.103. The van der Waals surface area contributed by atoms with Crippen molar-refractivity contribution >= 4 is 11.6 Å². The van der Waals surface area contributed by atoms with Gasteiger partial charge >= 0.3 is 0 Å². The maximum atomic E-state index is 12.1. The molecule has 0 saturated heterocycles. The summed E-state index contributed by atoms with van der Waals surface area (Å²) < 4.78 is 10.8. The minimum atomic E-state index is -0.268. The Morgan fingerprint density at radius 2 is 1.59 bits per heavy atom. The Labute approximate surface area is 157 Å². The van der Waals surface area contributed by atoms with Crippen LogP contribution in [0.25, 0.3) is 11.1 Å². The fourth-order valence-electron chi connectivity index (χ4n) is 2.56. The molecule has 0 aliphatic heterocycles. The molecule has 0 spiro atoms. The van der Waals surface area contributed by atoms with Crippen LogP contribution < -0.4 is 14.8 Å². The van der Waals surface area contributed by atoms with Crippen LogP contribution >= 0.6 is 0 Å². The van der Waals surface area contributed by atoms with Crippen LogP contribution in [0.15, 0.2) is 72.8 Å². The van der Waals surface area contributed by atoms with E-state index in [1.165, 1.54) is 0 Å². The van der Waals surface area contributed by atoms with Crippen molar-refractivity contribution in [2.75, 3.05) is 19.0 Å². The molecular formula is C22H18N2O3. The summed E-state index contributed by atoms with van der Waals surface area (Å²) in [4.78, 5) is 12.1. The van der Waals surface area contributed by atoms with E-state index in [1.54, 1.807) is 31.4 Å². The maximum Gasteiger partial charge on any atom is 0.262 e. The van der Waals surface area contributed by atoms with Crippen LogP contribution in [-0.2, 0) is 4.79 Å². The molecule has 0 atom stereocenters. The normalized spacial score (nSPS) is 9.93. The number of carbonyl (C=O) groups is 1. The Bertz CT molecular complexity index is 958. The molecule has 3 rings (SSSR count). The SMILES string of the molecule is COc1ccccc1NC(=O)COc1ccc(-c2ccc(C#N)cc2)cc1. The number of ether oxygens (including phenoxy) is 2. The van der Waals surface area contributed by atoms with Crippen molar-refractivity contribution in [3.05, 3.63) is 78.4 Å². The molecule has 0 aliphatic rings. The third-order valence-corrected chi connectivity index (χ3v) is 3.95. The lowest BCUT2D eigenvalue weighted by atomic mass is 10.0. The third-order valence-electron chi connectivity index (χ3n) is 3.95. The zero-order chi connectivity index (χ0) is 19.1. The van der Waals surface area contributed by atoms with Crippen LogP contribution in [0.1, 0.15) is 5.56 Å². The highest BCUT2D eigenvalue weighted by Gasteiger charge is 2.08. The summed E-state index contributed by atoms with van der Waals surface area (Å²) >= 11 is 0. The molecule has 0 saturated carbocycles. The number of hydrogen-bond donors (Lipinski definition) is 1. The first-order chi connectivity index (χ1) is 13.2. The van der Waals surface area contributed by atoms with Crippen LogP contribution in [0.2, 0.25) is 0 Å². The van der Waals surface area contributed by atoms with E-state index in [1.807, 2.05) is 48.5 Å². The fraction of sp³-hybridized carbons (Fsp3) is 0.0909. The zero-order valence-electron chi connectivity index (χ0n) is 14.8. The third kappa shape index (κ3) is 4.65. The lowest BCUT2D eigenvalue weighted by Gasteiger charge is -2.11. The smallest absolute Gasteiger partial charge is 0.262 e. The summed E-state index contributed by atoms with van der Waals surface area (Å²) in [5.74, 6) is 0.927. The Morgan fingerprint density at radius 3 is 2.22 bits per heavy atom. The van der Waals surface area contributed by atoms with Crippen LogP contribution in [0.4, 0.5) is 5.69 Å². The number of nitriles is 1. The number of nitrogens with one attached hydrogen (secondary N) is 1. The highest BCUT2D eigenvalue weighted by molar-refractivity contribution is 5.93. The molecule has 0 aliphatic carbocycles. The molecule has 0 unspecified atom stereocenters. The summed E-state index contributed by atoms with van der Waals surface area (Å²) in [6.07, 6.45) is 0. The predicted octanol–water partition coefficient (Wildman–Crippen LogP) is 4.25. The molecule has 3 aromatic carbocycles. The number of carbonyl (C=O) groups excluding carboxylic acids is 1. The summed E-state index contributed by atoms with van der Waals surface area (Å²) in [6.45, 7) is -0.103. The largest absolute Gasteiger partial charge is 0.495 e. The number of amides is 1. The van der Waals surface area contributed by atoms with Crippen LogP contribution in [0, 0.1) is 11.3 Å². The molecule has 0 fully saturated rings. The summed E-state index contributed by atoms with van der Waals surface area (Å²) in [7, 11) is 1.55. The monoisotopic (exact) mass is 358 g/mol. The average molecular weight is 358 g/mol. The second kappa shape index (κ2) is 8.54. The number of rotatable bonds is 6. The molecule has 5 nitrogen and oxygen atoms in total. The highest BCUT2D eigenvalue weighted by Crippen LogP contribution is 2.24. The van der Waals surface area contributed by atoms with E-state index in [0.29, 0.717) is 22.7 Å². The number of hydrogen-bond acceptors (Lipinski definition) is 4. The second-order valence-electron chi connectivity index (χ2n) is 5.75. The Hall–Kier alpha value is -3.78. The van der Waals surface area contributed by atoms with Gasteiger partial charge in [-0.2, -0.15) is 5.26 Å². The van der Waals surface area contributed by atoms with E-state index in [-0.39, 0.29) is 12.5 Å². The molecule has 1 N–H and O–H groups in total. The Balaban J connectivity index is 1.58. The number of para-hydroxylation sites is 2. The van der Waals surface area contributed by atoms with E-state index in [9.17, 15) is 4.79 Å². The number of nitrogens with zero attached hydrogens (tertiary/aromatic N) is 1. The average Bonchev–Trinajstić information content (AvgIpc) is 2.73. The molecule has 27 heavy (non-hydrogen) atoms. The van der Waals surface area contributed by atoms with Crippen molar-refractivity contribution in [3.8, 4) is 28.7 Å². The molecule has 0 aromatic heterocycles. The Morgan fingerprint density at radius 1 is 0.963 bits per heavy atom. The van der Waals surface area contributed by atoms with Crippen molar-refractivity contribution < 1.29 is 14.3 Å². The standard InChI is InChI=1S/C22H18N2O3/c1-26-21-5-3-2-4-20(21)24-22(25)15-27-19-12-10-18(11-13-19)17-8-6-16(14-23)7-9-17/h2-13H,15H2,1H3,(H,24,25). The summed E-state index contributed by atoms with van der Waals surface area (Å²) in [5.41, 5.74) is 3.24. The van der Waals surface area contributed by atoms with Crippen molar-refractivity contribution in [1.82, 2.24) is 0 Å². The van der Waals surface area contributed by atoms with E-state index >= 15 is 0 Å². The Kier molecular flexibility index (Phi) is 5.70. The van der Waals surface area contributed by atoms with Crippen molar-refractivity contribution in [1.29, 1.82) is 5.26 Å². The van der Waals surface area contributed by atoms with Gasteiger partial charge in [0.1, 0.15) is 11.5 Å². The van der Waals surface area contributed by atoms with Gasteiger partial charge in [0, 0.05) is 0 Å². The van der Waals surface area contributed by atoms with Crippen molar-refractivity contribution in [3.63, 3.8) is 0 Å². The van der Waals surface area contributed by atoms with Crippen molar-refractivity contribution in [2.45, 2.75) is 0 Å². The van der Waals surface area contributed by atoms with Gasteiger partial charge < -0.3 is 14.8 Å². The van der Waals surface area contributed by atoms with E-state index in [2.05, 4.69) is 11.4 Å². The van der Waals surface area contributed by atoms with Crippen LogP contribution in [-0.4, -0.2) is 19.6 Å². The molecule has 134 valence electrons. The molecule has 3 aromatic rings. The molecule has 0 radical (unpaired) electrons. The molecular weight excluding hydrogens is 340 g/mol. The van der Waals surface area contributed by atoms with Gasteiger partial charge in [0.25, 0.3) is 5.91 Å². The molecule has 5 heteroatoms. The quantitative estimate of drug-likeness (QED) is 0.715. The van der Waals surface area contributed by atoms with Crippen LogP contribution in [0.3, 0.4) is 0 Å². The van der Waals surface area contributed by atoms with Gasteiger partial charge in [-0.15, -0.1) is 0 Å². The maximum absolute atomic E-state index is 12.1. The van der Waals surface area contributed by atoms with E-state index < -0.39 is 0 Å². The van der Waals surface area contributed by atoms with E-state index in [0.717, 1.165) is 11.1 Å². The lowest BCUT2D eigenvalue weighted by molar-refractivity contribution is -0.118. The predicted molar refractivity (Wildman–Crippen MR) is 104 cm³/mol. The first-order valence-corrected chi connectivity index (χ1v) is 8.36. The fourth-order valence-corrected chi connectivity index (χ4v) is 2.56. The molecule has 1 amide bonds. The van der Waals surface area contributed by atoms with Crippen LogP contribution in [0.5, 0.6) is 11.5 Å². The number of anilines is 1. The topological polar surface area (TPSA) is 71.3 Å². The number of methoxy groups -OCH3 is 1. The van der Waals surface area contributed by atoms with Gasteiger partial charge in [-0.05, 0) is 47.5 Å². The number of benzene rings is 3. The minimum Gasteiger partial charge on any atom is -0.495 e. The highest BCUT2D eigenvalue weighted by atomic mass is 16.5. The van der Waals surface area contributed by atoms with Gasteiger partial charge in [0.15, 0.2) is 6.61 Å². The van der Waals surface area contributed by atoms with Crippen molar-refractivity contribution in [2.24, 2.45) is 0 Å². The van der Waals surface area contributed by atoms with Gasteiger partial charge in [-0.3, -0.25) is 4.79 Å². The first kappa shape index (κ1) is 18.0. The molecule has 0 heterocycles. The van der Waals surface area contributed by atoms with Gasteiger partial charge in [-0.25, -0.2) is 0 Å². The van der Waals surface area contributed by atoms with Gasteiger partial charge in [0.2, 0.25) is 0 Å². The lowest BCUT2D eigenvalue weighted by Crippen LogP contribution is -2.20.